The maximum absolute atomic E-state index is 14.5. The lowest BCUT2D eigenvalue weighted by Crippen LogP contribution is -2.50. The Kier molecular flexibility index (Phi) is 9.52. The highest BCUT2D eigenvalue weighted by molar-refractivity contribution is 8.13. The topological polar surface area (TPSA) is 137 Å². The number of alkyl halides is 7. The zero-order chi connectivity index (χ0) is 29.1. The molecule has 1 heterocycles. The quantitative estimate of drug-likeness (QED) is 0.0747. The van der Waals surface area contributed by atoms with E-state index in [2.05, 4.69) is 10.5 Å². The molecule has 38 heavy (non-hydrogen) atoms. The van der Waals surface area contributed by atoms with Crippen LogP contribution in [0.3, 0.4) is 0 Å². The van der Waals surface area contributed by atoms with E-state index in [4.69, 9.17) is 21.2 Å². The Morgan fingerprint density at radius 2 is 1.84 bits per heavy atom. The summed E-state index contributed by atoms with van der Waals surface area (Å²) in [5, 5.41) is 19.5. The van der Waals surface area contributed by atoms with Crippen molar-refractivity contribution in [3.63, 3.8) is 0 Å². The number of hydrogen-bond donors (Lipinski definition) is 5. The lowest BCUT2D eigenvalue weighted by Gasteiger charge is -2.28. The number of thioether (sulfide) groups is 1. The minimum atomic E-state index is -6.64. The largest absolute Gasteiger partial charge is 0.460 e. The number of aryl methyl sites for hydroxylation is 1. The average Bonchev–Trinajstić information content (AvgIpc) is 2.81. The van der Waals surface area contributed by atoms with Crippen LogP contribution in [0, 0.1) is 18.2 Å². The maximum Gasteiger partial charge on any atom is 0.460 e. The third-order valence-electron chi connectivity index (χ3n) is 4.73. The smallest absolute Gasteiger partial charge is 0.394 e. The van der Waals surface area contributed by atoms with Crippen molar-refractivity contribution in [1.82, 2.24) is 9.99 Å². The van der Waals surface area contributed by atoms with E-state index in [0.717, 1.165) is 5.01 Å². The molecule has 210 valence electrons. The first kappa shape index (κ1) is 31.0. The van der Waals surface area contributed by atoms with Crippen LogP contribution in [0.1, 0.15) is 21.5 Å². The molecule has 0 spiro atoms. The third-order valence-corrected chi connectivity index (χ3v) is 5.90. The number of benzene rings is 1. The number of carbonyl (C=O) groups excluding carboxylic acids is 1. The molecule has 0 saturated carbocycles. The van der Waals surface area contributed by atoms with Gasteiger partial charge in [-0.25, -0.2) is 15.2 Å². The molecule has 0 radical (unpaired) electrons. The fourth-order valence-electron chi connectivity index (χ4n) is 2.86. The first-order valence-corrected chi connectivity index (χ1v) is 10.9. The molecule has 0 bridgehead atoms. The van der Waals surface area contributed by atoms with Crippen LogP contribution in [-0.2, 0) is 10.8 Å². The number of aliphatic hydroxyl groups is 1. The van der Waals surface area contributed by atoms with Crippen molar-refractivity contribution in [2.24, 2.45) is 5.84 Å². The van der Waals surface area contributed by atoms with Crippen molar-refractivity contribution in [3.8, 4) is 0 Å². The normalized spacial score (nSPS) is 12.3. The molecule has 6 N–H and O–H groups in total. The number of amidine groups is 1. The summed E-state index contributed by atoms with van der Waals surface area (Å²) in [7, 11) is 1.26. The number of anilines is 2. The Hall–Kier alpha value is -3.22. The summed E-state index contributed by atoms with van der Waals surface area (Å²) in [6, 6.07) is 2.39. The molecule has 0 aliphatic carbocycles. The molecule has 1 amide bonds. The third kappa shape index (κ3) is 6.43. The van der Waals surface area contributed by atoms with Gasteiger partial charge in [0.2, 0.25) is 0 Å². The van der Waals surface area contributed by atoms with Gasteiger partial charge >= 0.3 is 18.0 Å². The number of nitrogens with one attached hydrogen (secondary N) is 3. The Bertz CT molecular complexity index is 1200. The van der Waals surface area contributed by atoms with E-state index < -0.39 is 47.7 Å². The van der Waals surface area contributed by atoms with Crippen LogP contribution in [0.25, 0.3) is 0 Å². The van der Waals surface area contributed by atoms with E-state index in [0.29, 0.717) is 17.3 Å². The second-order valence-corrected chi connectivity index (χ2v) is 8.45. The number of nitrogens with two attached hydrogens (primary N) is 1. The van der Waals surface area contributed by atoms with Gasteiger partial charge in [-0.05, 0) is 30.7 Å². The van der Waals surface area contributed by atoms with Crippen molar-refractivity contribution in [1.29, 1.82) is 5.41 Å². The van der Waals surface area contributed by atoms with Crippen LogP contribution in [0.2, 0.25) is 0 Å². The molecule has 0 aliphatic rings. The Labute approximate surface area is 213 Å². The van der Waals surface area contributed by atoms with Crippen molar-refractivity contribution in [2.75, 3.05) is 31.1 Å². The van der Waals surface area contributed by atoms with Crippen LogP contribution in [0.5, 0.6) is 0 Å². The molecule has 0 fully saturated rings. The summed E-state index contributed by atoms with van der Waals surface area (Å²) in [5.74, 6) is -10.8. The average molecular weight is 576 g/mol. The predicted molar refractivity (Wildman–Crippen MR) is 120 cm³/mol. The van der Waals surface area contributed by atoms with E-state index in [1.165, 1.54) is 26.2 Å². The number of aromatic nitrogens is 1. The van der Waals surface area contributed by atoms with E-state index in [1.807, 2.05) is 5.32 Å². The maximum atomic E-state index is 14.5. The Balaban J connectivity index is 2.45. The lowest BCUT2D eigenvalue weighted by atomic mass is 10.0. The van der Waals surface area contributed by atoms with Crippen molar-refractivity contribution in [2.45, 2.75) is 29.8 Å². The van der Waals surface area contributed by atoms with Crippen LogP contribution in [-0.4, -0.2) is 58.5 Å². The molecular formula is C20H20F8N6O3S. The highest BCUT2D eigenvalue weighted by atomic mass is 32.2. The van der Waals surface area contributed by atoms with Gasteiger partial charge in [0.15, 0.2) is 16.8 Å². The summed E-state index contributed by atoms with van der Waals surface area (Å²) in [5.41, 5.74) is 0.720. The molecule has 0 saturated heterocycles. The number of hydrogen-bond acceptors (Lipinski definition) is 8. The fraction of sp³-hybridized carbons (Fsp3) is 0.350. The van der Waals surface area contributed by atoms with Crippen LogP contribution in [0.15, 0.2) is 29.3 Å². The Morgan fingerprint density at radius 1 is 1.21 bits per heavy atom. The summed E-state index contributed by atoms with van der Waals surface area (Å²) >= 11 is 0.666. The second kappa shape index (κ2) is 11.7. The number of nitrogens with zero attached hydrogens (tertiary/aromatic N) is 2. The van der Waals surface area contributed by atoms with Crippen molar-refractivity contribution in [3.05, 3.63) is 46.9 Å². The second-order valence-electron chi connectivity index (χ2n) is 7.46. The molecule has 0 aliphatic heterocycles. The summed E-state index contributed by atoms with van der Waals surface area (Å²) in [4.78, 5) is 20.9. The van der Waals surface area contributed by atoms with Gasteiger partial charge in [-0.2, -0.15) is 30.7 Å². The first-order valence-electron chi connectivity index (χ1n) is 10.1. The van der Waals surface area contributed by atoms with Crippen LogP contribution < -0.4 is 16.6 Å². The molecule has 18 heteroatoms. The monoisotopic (exact) mass is 576 g/mol. The molecular weight excluding hydrogens is 556 g/mol. The summed E-state index contributed by atoms with van der Waals surface area (Å²) in [6.07, 6.45) is -6.77. The van der Waals surface area contributed by atoms with Gasteiger partial charge in [0.05, 0.1) is 31.5 Å². The van der Waals surface area contributed by atoms with Gasteiger partial charge in [-0.1, -0.05) is 11.8 Å². The Morgan fingerprint density at radius 3 is 2.37 bits per heavy atom. The van der Waals surface area contributed by atoms with E-state index in [-0.39, 0.29) is 40.1 Å². The zero-order valence-corrected chi connectivity index (χ0v) is 20.2. The summed E-state index contributed by atoms with van der Waals surface area (Å²) < 4.78 is 106. The minimum absolute atomic E-state index is 0.107. The number of rotatable bonds is 9. The predicted octanol–water partition coefficient (Wildman–Crippen LogP) is 4.24. The number of amides is 1. The van der Waals surface area contributed by atoms with Gasteiger partial charge in [0, 0.05) is 16.7 Å². The molecule has 2 rings (SSSR count). The molecule has 0 unspecified atom stereocenters. The van der Waals surface area contributed by atoms with Crippen molar-refractivity contribution >= 4 is 34.3 Å². The minimum Gasteiger partial charge on any atom is -0.394 e. The summed E-state index contributed by atoms with van der Waals surface area (Å²) in [6.45, 7) is 1.00. The standard InChI is InChI=1S/C20H20F8N6O3S/c1-9-5-11(33-37-2)7-12(14(9)38-17(29)34(30)3-4-35)16(36)32-15-13(21)6-10(8-31-15)18(22,23)19(24,25)20(26,27)28/h5-8,29,33,35H,3-4,30H2,1-2H3,(H,31,32,36). The van der Waals surface area contributed by atoms with Crippen LogP contribution in [0.4, 0.5) is 46.6 Å². The zero-order valence-electron chi connectivity index (χ0n) is 19.4. The number of halogens is 8. The SMILES string of the molecule is CONc1cc(C)c(SC(=N)N(N)CCO)c(C(=O)Nc2ncc(C(F)(F)C(F)(F)C(F)(F)F)cc2F)c1. The van der Waals surface area contributed by atoms with Crippen molar-refractivity contribution < 1.29 is 49.9 Å². The van der Waals surface area contributed by atoms with Gasteiger partial charge < -0.3 is 10.4 Å². The van der Waals surface area contributed by atoms with E-state index >= 15 is 0 Å². The van der Waals surface area contributed by atoms with Gasteiger partial charge in [0.25, 0.3) is 5.91 Å². The number of hydrazine groups is 1. The molecule has 1 aromatic heterocycles. The molecule has 9 nitrogen and oxygen atoms in total. The highest BCUT2D eigenvalue weighted by Crippen LogP contribution is 2.51. The van der Waals surface area contributed by atoms with Gasteiger partial charge in [-0.3, -0.25) is 25.5 Å². The number of aliphatic hydroxyl groups excluding tert-OH is 1. The van der Waals surface area contributed by atoms with E-state index in [9.17, 15) is 39.9 Å². The molecule has 1 aromatic carbocycles. The number of pyridine rings is 1. The first-order chi connectivity index (χ1) is 17.5. The molecule has 0 atom stereocenters. The number of carbonyl (C=O) groups is 1. The molecule has 2 aromatic rings. The fourth-order valence-corrected chi connectivity index (χ4v) is 3.74. The van der Waals surface area contributed by atoms with Gasteiger partial charge in [0.1, 0.15) is 0 Å². The highest BCUT2D eigenvalue weighted by Gasteiger charge is 2.73. The lowest BCUT2D eigenvalue weighted by molar-refractivity contribution is -0.359. The van der Waals surface area contributed by atoms with Gasteiger partial charge in [-0.15, -0.1) is 0 Å². The van der Waals surface area contributed by atoms with E-state index in [1.54, 1.807) is 0 Å². The van der Waals surface area contributed by atoms with Crippen LogP contribution >= 0.6 is 11.8 Å².